The number of imidazole rings is 1. The van der Waals surface area contributed by atoms with Crippen LogP contribution < -0.4 is 4.74 Å². The molecule has 32 heavy (non-hydrogen) atoms. The van der Waals surface area contributed by atoms with Gasteiger partial charge >= 0.3 is 6.61 Å². The van der Waals surface area contributed by atoms with E-state index in [2.05, 4.69) is 25.9 Å². The lowest BCUT2D eigenvalue weighted by molar-refractivity contribution is -0.0506. The minimum Gasteiger partial charge on any atom is -0.435 e. The number of rotatable bonds is 6. The molecule has 1 aromatic carbocycles. The Kier molecular flexibility index (Phi) is 5.60. The van der Waals surface area contributed by atoms with E-state index in [0.717, 1.165) is 11.3 Å². The topological polar surface area (TPSA) is 48.7 Å². The fourth-order valence-electron chi connectivity index (χ4n) is 4.17. The molecule has 0 spiro atoms. The van der Waals surface area contributed by atoms with Gasteiger partial charge in [-0.1, -0.05) is 24.3 Å². The molecule has 0 N–H and O–H groups in total. The van der Waals surface area contributed by atoms with E-state index >= 15 is 0 Å². The Morgan fingerprint density at radius 3 is 2.81 bits per heavy atom. The number of hydrogen-bond donors (Lipinski definition) is 0. The zero-order valence-electron chi connectivity index (χ0n) is 16.6. The summed E-state index contributed by atoms with van der Waals surface area (Å²) in [5.74, 6) is -0.666. The molecule has 3 aromatic heterocycles. The molecule has 9 heteroatoms. The molecule has 4 aromatic rings. The molecule has 164 valence electrons. The van der Waals surface area contributed by atoms with Crippen molar-refractivity contribution >= 4 is 21.6 Å². The van der Waals surface area contributed by atoms with Crippen molar-refractivity contribution in [2.24, 2.45) is 0 Å². The largest absolute Gasteiger partial charge is 0.435 e. The highest BCUT2D eigenvalue weighted by Crippen LogP contribution is 2.48. The average Bonchev–Trinajstić information content (AvgIpc) is 3.31. The first kappa shape index (κ1) is 21.0. The van der Waals surface area contributed by atoms with Gasteiger partial charge in [0.2, 0.25) is 0 Å². The standard InChI is InChI=1S/C23H17BrF3N3O2/c24-16-11-30-20(9-17(16)25)29-21-19(31-12-13-4-3-7-28-10-13)8-15(22(21)30)14-5-1-2-6-18(14)32-23(26)27/h1-7,9-11,15,19,23H,8,12H2. The van der Waals surface area contributed by atoms with E-state index in [-0.39, 0.29) is 16.1 Å². The summed E-state index contributed by atoms with van der Waals surface area (Å²) in [5.41, 5.74) is 3.34. The Morgan fingerprint density at radius 1 is 1.19 bits per heavy atom. The number of nitrogens with zero attached hydrogens (tertiary/aromatic N) is 3. The average molecular weight is 504 g/mol. The summed E-state index contributed by atoms with van der Waals surface area (Å²) in [7, 11) is 0. The molecule has 5 nitrogen and oxygen atoms in total. The first-order valence-corrected chi connectivity index (χ1v) is 10.7. The first-order valence-electron chi connectivity index (χ1n) is 9.92. The summed E-state index contributed by atoms with van der Waals surface area (Å²) in [6.45, 7) is -2.63. The lowest BCUT2D eigenvalue weighted by Crippen LogP contribution is -2.09. The van der Waals surface area contributed by atoms with E-state index in [1.807, 2.05) is 12.1 Å². The molecule has 5 rings (SSSR count). The number of fused-ring (bicyclic) bond motifs is 3. The van der Waals surface area contributed by atoms with E-state index in [4.69, 9.17) is 9.47 Å². The summed E-state index contributed by atoms with van der Waals surface area (Å²) >= 11 is 3.22. The maximum atomic E-state index is 14.2. The number of para-hydroxylation sites is 1. The molecule has 1 aliphatic rings. The van der Waals surface area contributed by atoms with Crippen LogP contribution in [0.2, 0.25) is 0 Å². The van der Waals surface area contributed by atoms with Crippen LogP contribution in [0.1, 0.15) is 41.0 Å². The van der Waals surface area contributed by atoms with Gasteiger partial charge in [-0.15, -0.1) is 0 Å². The highest BCUT2D eigenvalue weighted by atomic mass is 79.9. The molecule has 0 radical (unpaired) electrons. The van der Waals surface area contributed by atoms with Crippen LogP contribution >= 0.6 is 15.9 Å². The predicted octanol–water partition coefficient (Wildman–Crippen LogP) is 6.03. The van der Waals surface area contributed by atoms with Gasteiger partial charge in [-0.25, -0.2) is 9.37 Å². The van der Waals surface area contributed by atoms with Crippen LogP contribution in [0.3, 0.4) is 0 Å². The van der Waals surface area contributed by atoms with E-state index in [1.165, 1.54) is 12.1 Å². The molecule has 0 aliphatic heterocycles. The Balaban J connectivity index is 1.58. The van der Waals surface area contributed by atoms with Gasteiger partial charge < -0.3 is 13.9 Å². The van der Waals surface area contributed by atoms with Crippen molar-refractivity contribution in [3.05, 3.63) is 93.9 Å². The van der Waals surface area contributed by atoms with E-state index in [0.29, 0.717) is 29.9 Å². The summed E-state index contributed by atoms with van der Waals surface area (Å²) in [6.07, 6.45) is 5.08. The van der Waals surface area contributed by atoms with Gasteiger partial charge in [0, 0.05) is 36.1 Å². The van der Waals surface area contributed by atoms with Gasteiger partial charge in [0.1, 0.15) is 23.3 Å². The third kappa shape index (κ3) is 3.86. The number of alkyl halides is 2. The molecular formula is C23H17BrF3N3O2. The number of hydrogen-bond acceptors (Lipinski definition) is 4. The predicted molar refractivity (Wildman–Crippen MR) is 114 cm³/mol. The Labute approximate surface area is 190 Å². The highest BCUT2D eigenvalue weighted by Gasteiger charge is 2.39. The first-order chi connectivity index (χ1) is 15.5. The third-order valence-electron chi connectivity index (χ3n) is 5.50. The molecule has 0 saturated carbocycles. The van der Waals surface area contributed by atoms with Gasteiger partial charge in [0.05, 0.1) is 22.5 Å². The third-order valence-corrected chi connectivity index (χ3v) is 6.08. The van der Waals surface area contributed by atoms with Crippen LogP contribution in [0.15, 0.2) is 65.5 Å². The van der Waals surface area contributed by atoms with Crippen molar-refractivity contribution in [3.63, 3.8) is 0 Å². The van der Waals surface area contributed by atoms with E-state index in [1.54, 1.807) is 41.2 Å². The van der Waals surface area contributed by atoms with Crippen LogP contribution in [0.25, 0.3) is 5.65 Å². The van der Waals surface area contributed by atoms with Crippen LogP contribution in [0.4, 0.5) is 13.2 Å². The van der Waals surface area contributed by atoms with Crippen molar-refractivity contribution in [2.45, 2.75) is 31.7 Å². The van der Waals surface area contributed by atoms with Crippen molar-refractivity contribution in [1.29, 1.82) is 0 Å². The Hall–Kier alpha value is -2.91. The zero-order chi connectivity index (χ0) is 22.2. The monoisotopic (exact) mass is 503 g/mol. The van der Waals surface area contributed by atoms with Gasteiger partial charge in [-0.2, -0.15) is 8.78 Å². The second-order valence-electron chi connectivity index (χ2n) is 7.45. The summed E-state index contributed by atoms with van der Waals surface area (Å²) < 4.78 is 53.3. The van der Waals surface area contributed by atoms with Crippen molar-refractivity contribution in [3.8, 4) is 5.75 Å². The Morgan fingerprint density at radius 2 is 2.03 bits per heavy atom. The van der Waals surface area contributed by atoms with E-state index in [9.17, 15) is 13.2 Å². The second-order valence-corrected chi connectivity index (χ2v) is 8.30. The highest BCUT2D eigenvalue weighted by molar-refractivity contribution is 9.10. The quantitative estimate of drug-likeness (QED) is 0.322. The minimum absolute atomic E-state index is 0.0995. The molecule has 1 aliphatic carbocycles. The summed E-state index contributed by atoms with van der Waals surface area (Å²) in [5, 5.41) is 0. The fourth-order valence-corrected chi connectivity index (χ4v) is 4.49. The van der Waals surface area contributed by atoms with Gasteiger partial charge in [0.25, 0.3) is 0 Å². The summed E-state index contributed by atoms with van der Waals surface area (Å²) in [4.78, 5) is 8.72. The van der Waals surface area contributed by atoms with Crippen molar-refractivity contribution in [1.82, 2.24) is 14.4 Å². The number of pyridine rings is 2. The van der Waals surface area contributed by atoms with Crippen LogP contribution in [-0.2, 0) is 11.3 Å². The second kappa shape index (κ2) is 8.55. The smallest absolute Gasteiger partial charge is 0.387 e. The molecule has 0 bridgehead atoms. The minimum atomic E-state index is -2.94. The van der Waals surface area contributed by atoms with Crippen LogP contribution in [0, 0.1) is 5.82 Å². The maximum Gasteiger partial charge on any atom is 0.387 e. The lowest BCUT2D eigenvalue weighted by Gasteiger charge is -2.18. The van der Waals surface area contributed by atoms with Gasteiger partial charge in [-0.05, 0) is 40.0 Å². The van der Waals surface area contributed by atoms with Crippen LogP contribution in [0.5, 0.6) is 5.75 Å². The maximum absolute atomic E-state index is 14.2. The van der Waals surface area contributed by atoms with Gasteiger partial charge in [-0.3, -0.25) is 4.98 Å². The molecule has 0 fully saturated rings. The zero-order valence-corrected chi connectivity index (χ0v) is 18.2. The normalized spacial score (nSPS) is 17.8. The van der Waals surface area contributed by atoms with Crippen LogP contribution in [-0.4, -0.2) is 21.0 Å². The fraction of sp³-hybridized carbons (Fsp3) is 0.217. The molecule has 2 unspecified atom stereocenters. The van der Waals surface area contributed by atoms with E-state index < -0.39 is 18.5 Å². The van der Waals surface area contributed by atoms with Crippen molar-refractivity contribution < 1.29 is 22.6 Å². The molecular weight excluding hydrogens is 487 g/mol. The van der Waals surface area contributed by atoms with Gasteiger partial charge in [0.15, 0.2) is 0 Å². The molecule has 0 saturated heterocycles. The summed E-state index contributed by atoms with van der Waals surface area (Å²) in [6, 6.07) is 11.8. The number of ether oxygens (including phenoxy) is 2. The molecule has 0 amide bonds. The van der Waals surface area contributed by atoms with Crippen molar-refractivity contribution in [2.75, 3.05) is 0 Å². The molecule has 2 atom stereocenters. The number of benzene rings is 1. The number of halogens is 4. The lowest BCUT2D eigenvalue weighted by atomic mass is 9.95. The Bertz CT molecular complexity index is 1270. The SMILES string of the molecule is Fc1cc2nc3c(n2cc1Br)C(c1ccccc1OC(F)F)CC3OCc1cccnc1. The molecule has 3 heterocycles. The number of aromatic nitrogens is 3.